The predicted molar refractivity (Wildman–Crippen MR) is 82.4 cm³/mol. The summed E-state index contributed by atoms with van der Waals surface area (Å²) in [4.78, 5) is 26.2. The number of amides is 1. The van der Waals surface area contributed by atoms with Crippen molar-refractivity contribution in [3.63, 3.8) is 0 Å². The molecule has 0 bridgehead atoms. The zero-order valence-electron chi connectivity index (χ0n) is 12.6. The highest BCUT2D eigenvalue weighted by Crippen LogP contribution is 2.26. The maximum atomic E-state index is 13.8. The van der Waals surface area contributed by atoms with Gasteiger partial charge in [0.25, 0.3) is 5.91 Å². The first kappa shape index (κ1) is 14.5. The standard InChI is InChI=1S/C17H13FN4O2/c18-13-9-20-6-3-12(13)17(23)22-7-4-15-14(10-22)21-16(24-15)11-2-1-5-19-8-11/h1-3,5-6,8-9H,4,7,10H2. The first-order valence-corrected chi connectivity index (χ1v) is 7.50. The van der Waals surface area contributed by atoms with E-state index in [0.717, 1.165) is 17.5 Å². The topological polar surface area (TPSA) is 72.1 Å². The molecule has 0 fully saturated rings. The molecule has 0 aliphatic carbocycles. The van der Waals surface area contributed by atoms with E-state index >= 15 is 0 Å². The number of fused-ring (bicyclic) bond motifs is 1. The van der Waals surface area contributed by atoms with Gasteiger partial charge in [-0.25, -0.2) is 9.37 Å². The van der Waals surface area contributed by atoms with Crippen LogP contribution in [0.2, 0.25) is 0 Å². The van der Waals surface area contributed by atoms with Crippen molar-refractivity contribution in [2.24, 2.45) is 0 Å². The van der Waals surface area contributed by atoms with E-state index < -0.39 is 5.82 Å². The lowest BCUT2D eigenvalue weighted by Crippen LogP contribution is -2.36. The first-order chi connectivity index (χ1) is 11.7. The molecular formula is C17H13FN4O2. The van der Waals surface area contributed by atoms with E-state index in [-0.39, 0.29) is 11.5 Å². The summed E-state index contributed by atoms with van der Waals surface area (Å²) in [6.45, 7) is 0.745. The van der Waals surface area contributed by atoms with Crippen LogP contribution in [0.4, 0.5) is 4.39 Å². The van der Waals surface area contributed by atoms with Crippen molar-refractivity contribution < 1.29 is 13.6 Å². The predicted octanol–water partition coefficient (Wildman–Crippen LogP) is 2.47. The van der Waals surface area contributed by atoms with Crippen molar-refractivity contribution in [1.29, 1.82) is 0 Å². The molecule has 0 saturated carbocycles. The molecule has 1 aliphatic heterocycles. The molecule has 0 spiro atoms. The molecule has 0 aromatic carbocycles. The number of hydrogen-bond donors (Lipinski definition) is 0. The average Bonchev–Trinajstić information content (AvgIpc) is 3.05. The summed E-state index contributed by atoms with van der Waals surface area (Å²) < 4.78 is 19.5. The van der Waals surface area contributed by atoms with Crippen LogP contribution in [0.1, 0.15) is 21.8 Å². The molecule has 0 atom stereocenters. The Morgan fingerprint density at radius 3 is 2.88 bits per heavy atom. The summed E-state index contributed by atoms with van der Waals surface area (Å²) in [6, 6.07) is 5.05. The van der Waals surface area contributed by atoms with Gasteiger partial charge in [-0.15, -0.1) is 0 Å². The van der Waals surface area contributed by atoms with Crippen LogP contribution >= 0.6 is 0 Å². The summed E-state index contributed by atoms with van der Waals surface area (Å²) in [5.41, 5.74) is 1.50. The fourth-order valence-corrected chi connectivity index (χ4v) is 2.70. The van der Waals surface area contributed by atoms with Crippen LogP contribution in [0.25, 0.3) is 11.5 Å². The van der Waals surface area contributed by atoms with E-state index in [1.54, 1.807) is 23.4 Å². The summed E-state index contributed by atoms with van der Waals surface area (Å²) in [7, 11) is 0. The van der Waals surface area contributed by atoms with Gasteiger partial charge in [-0.3, -0.25) is 14.8 Å². The largest absolute Gasteiger partial charge is 0.441 e. The second-order valence-electron chi connectivity index (χ2n) is 5.46. The van der Waals surface area contributed by atoms with Crippen LogP contribution in [-0.2, 0) is 13.0 Å². The molecule has 4 heterocycles. The molecule has 0 N–H and O–H groups in total. The number of aromatic nitrogens is 3. The van der Waals surface area contributed by atoms with Gasteiger partial charge >= 0.3 is 0 Å². The third-order valence-electron chi connectivity index (χ3n) is 3.93. The Bertz CT molecular complexity index is 895. The van der Waals surface area contributed by atoms with Crippen molar-refractivity contribution in [3.05, 3.63) is 65.8 Å². The van der Waals surface area contributed by atoms with Gasteiger partial charge in [0.15, 0.2) is 5.82 Å². The van der Waals surface area contributed by atoms with Gasteiger partial charge < -0.3 is 9.32 Å². The molecule has 120 valence electrons. The number of oxazole rings is 1. The van der Waals surface area contributed by atoms with Crippen LogP contribution in [0.5, 0.6) is 0 Å². The molecule has 3 aromatic rings. The van der Waals surface area contributed by atoms with Crippen LogP contribution in [-0.4, -0.2) is 32.3 Å². The molecular weight excluding hydrogens is 311 g/mol. The number of carbonyl (C=O) groups excluding carboxylic acids is 1. The van der Waals surface area contributed by atoms with Gasteiger partial charge in [-0.1, -0.05) is 0 Å². The molecule has 24 heavy (non-hydrogen) atoms. The van der Waals surface area contributed by atoms with Gasteiger partial charge in [0.2, 0.25) is 5.89 Å². The maximum absolute atomic E-state index is 13.8. The van der Waals surface area contributed by atoms with Gasteiger partial charge in [-0.2, -0.15) is 0 Å². The summed E-state index contributed by atoms with van der Waals surface area (Å²) >= 11 is 0. The Labute approximate surface area is 137 Å². The van der Waals surface area contributed by atoms with Gasteiger partial charge in [0.1, 0.15) is 11.5 Å². The molecule has 0 unspecified atom stereocenters. The Morgan fingerprint density at radius 2 is 2.08 bits per heavy atom. The minimum absolute atomic E-state index is 0.0180. The number of carbonyl (C=O) groups is 1. The van der Waals surface area contributed by atoms with Crippen molar-refractivity contribution in [1.82, 2.24) is 19.9 Å². The molecule has 6 nitrogen and oxygen atoms in total. The Balaban J connectivity index is 1.59. The fourth-order valence-electron chi connectivity index (χ4n) is 2.70. The van der Waals surface area contributed by atoms with Crippen molar-refractivity contribution >= 4 is 5.91 Å². The fraction of sp³-hybridized carbons (Fsp3) is 0.176. The van der Waals surface area contributed by atoms with E-state index in [2.05, 4.69) is 15.0 Å². The quantitative estimate of drug-likeness (QED) is 0.724. The third-order valence-corrected chi connectivity index (χ3v) is 3.93. The minimum Gasteiger partial charge on any atom is -0.441 e. The highest BCUT2D eigenvalue weighted by molar-refractivity contribution is 5.94. The van der Waals surface area contributed by atoms with Crippen molar-refractivity contribution in [2.45, 2.75) is 13.0 Å². The van der Waals surface area contributed by atoms with E-state index in [0.29, 0.717) is 31.1 Å². The molecule has 3 aromatic heterocycles. The molecule has 1 amide bonds. The SMILES string of the molecule is O=C(c1ccncc1F)N1CCc2oc(-c3cccnc3)nc2C1. The Kier molecular flexibility index (Phi) is 3.53. The number of hydrogen-bond acceptors (Lipinski definition) is 5. The Hall–Kier alpha value is -3.09. The number of halogens is 1. The second-order valence-corrected chi connectivity index (χ2v) is 5.46. The highest BCUT2D eigenvalue weighted by Gasteiger charge is 2.27. The average molecular weight is 324 g/mol. The van der Waals surface area contributed by atoms with Crippen molar-refractivity contribution in [3.8, 4) is 11.5 Å². The zero-order chi connectivity index (χ0) is 16.5. The van der Waals surface area contributed by atoms with Gasteiger partial charge in [0.05, 0.1) is 23.9 Å². The molecule has 7 heteroatoms. The van der Waals surface area contributed by atoms with E-state index in [9.17, 15) is 9.18 Å². The van der Waals surface area contributed by atoms with E-state index in [4.69, 9.17) is 4.42 Å². The minimum atomic E-state index is -0.621. The zero-order valence-corrected chi connectivity index (χ0v) is 12.6. The monoisotopic (exact) mass is 324 g/mol. The van der Waals surface area contributed by atoms with Crippen molar-refractivity contribution in [2.75, 3.05) is 6.54 Å². The summed E-state index contributed by atoms with van der Waals surface area (Å²) in [6.07, 6.45) is 6.34. The molecule has 0 radical (unpaired) electrons. The van der Waals surface area contributed by atoms with Crippen LogP contribution in [0, 0.1) is 5.82 Å². The molecule has 0 saturated heterocycles. The van der Waals surface area contributed by atoms with Gasteiger partial charge in [0, 0.05) is 31.6 Å². The normalized spacial score (nSPS) is 13.6. The van der Waals surface area contributed by atoms with E-state index in [1.807, 2.05) is 6.07 Å². The molecule has 1 aliphatic rings. The third kappa shape index (κ3) is 2.54. The smallest absolute Gasteiger partial charge is 0.257 e. The molecule has 4 rings (SSSR count). The lowest BCUT2D eigenvalue weighted by molar-refractivity contribution is 0.0723. The van der Waals surface area contributed by atoms with Crippen LogP contribution in [0.3, 0.4) is 0 Å². The second kappa shape index (κ2) is 5.84. The summed E-state index contributed by atoms with van der Waals surface area (Å²) in [5, 5.41) is 0. The number of rotatable bonds is 2. The highest BCUT2D eigenvalue weighted by atomic mass is 19.1. The lowest BCUT2D eigenvalue weighted by atomic mass is 10.1. The van der Waals surface area contributed by atoms with Crippen LogP contribution in [0.15, 0.2) is 47.4 Å². The number of pyridine rings is 2. The maximum Gasteiger partial charge on any atom is 0.257 e. The number of nitrogens with zero attached hydrogens (tertiary/aromatic N) is 4. The Morgan fingerprint density at radius 1 is 1.21 bits per heavy atom. The first-order valence-electron chi connectivity index (χ1n) is 7.50. The van der Waals surface area contributed by atoms with E-state index in [1.165, 1.54) is 12.3 Å². The van der Waals surface area contributed by atoms with Crippen LogP contribution < -0.4 is 0 Å². The summed E-state index contributed by atoms with van der Waals surface area (Å²) in [5.74, 6) is 0.251. The van der Waals surface area contributed by atoms with Gasteiger partial charge in [-0.05, 0) is 18.2 Å². The lowest BCUT2D eigenvalue weighted by Gasteiger charge is -2.25.